The van der Waals surface area contributed by atoms with Crippen molar-refractivity contribution in [2.24, 2.45) is 0 Å². The van der Waals surface area contributed by atoms with Crippen LogP contribution >= 0.6 is 11.6 Å². The Balaban J connectivity index is 1.82. The summed E-state index contributed by atoms with van der Waals surface area (Å²) in [5.74, 6) is -0.525. The van der Waals surface area contributed by atoms with Gasteiger partial charge in [-0.15, -0.1) is 0 Å². The van der Waals surface area contributed by atoms with E-state index in [4.69, 9.17) is 16.9 Å². The SMILES string of the molecule is N#Cc1cc([N+](=O)[O-])ccc1NC(=O)c1cc(-c2ccc(Cl)cc2)n[nH]1. The van der Waals surface area contributed by atoms with Crippen molar-refractivity contribution in [3.63, 3.8) is 0 Å². The first kappa shape index (κ1) is 17.1. The number of nitrogens with one attached hydrogen (secondary N) is 2. The van der Waals surface area contributed by atoms with Gasteiger partial charge in [-0.05, 0) is 24.3 Å². The zero-order valence-electron chi connectivity index (χ0n) is 13.1. The first-order valence-corrected chi connectivity index (χ1v) is 7.67. The van der Waals surface area contributed by atoms with Gasteiger partial charge in [-0.2, -0.15) is 10.4 Å². The van der Waals surface area contributed by atoms with Gasteiger partial charge in [0.25, 0.3) is 11.6 Å². The molecule has 1 heterocycles. The molecule has 2 N–H and O–H groups in total. The van der Waals surface area contributed by atoms with Crippen molar-refractivity contribution in [3.05, 3.63) is 74.9 Å². The number of aromatic amines is 1. The molecule has 0 saturated carbocycles. The van der Waals surface area contributed by atoms with E-state index in [1.54, 1.807) is 30.3 Å². The second-order valence-corrected chi connectivity index (χ2v) is 5.66. The molecule has 3 rings (SSSR count). The lowest BCUT2D eigenvalue weighted by Crippen LogP contribution is -2.13. The minimum atomic E-state index is -0.611. The van der Waals surface area contributed by atoms with E-state index in [2.05, 4.69) is 15.5 Å². The van der Waals surface area contributed by atoms with Crippen LogP contribution in [0.1, 0.15) is 16.1 Å². The number of aromatic nitrogens is 2. The van der Waals surface area contributed by atoms with Crippen LogP contribution in [0.25, 0.3) is 11.3 Å². The molecule has 1 aromatic heterocycles. The van der Waals surface area contributed by atoms with Gasteiger partial charge < -0.3 is 5.32 Å². The zero-order valence-corrected chi connectivity index (χ0v) is 13.8. The maximum Gasteiger partial charge on any atom is 0.273 e. The summed E-state index contributed by atoms with van der Waals surface area (Å²) in [5, 5.41) is 29.7. The Hall–Kier alpha value is -3.70. The van der Waals surface area contributed by atoms with Crippen LogP contribution < -0.4 is 5.32 Å². The van der Waals surface area contributed by atoms with Crippen molar-refractivity contribution in [1.29, 1.82) is 5.26 Å². The van der Waals surface area contributed by atoms with Crippen LogP contribution in [-0.4, -0.2) is 21.0 Å². The molecule has 0 bridgehead atoms. The number of halogens is 1. The van der Waals surface area contributed by atoms with Crippen molar-refractivity contribution in [3.8, 4) is 17.3 Å². The average Bonchev–Trinajstić information content (AvgIpc) is 3.12. The van der Waals surface area contributed by atoms with E-state index < -0.39 is 10.8 Å². The number of nitrogens with zero attached hydrogens (tertiary/aromatic N) is 3. The summed E-state index contributed by atoms with van der Waals surface area (Å²) in [5.41, 5.74) is 1.44. The number of H-pyrrole nitrogens is 1. The van der Waals surface area contributed by atoms with E-state index in [-0.39, 0.29) is 22.6 Å². The highest BCUT2D eigenvalue weighted by Gasteiger charge is 2.15. The predicted molar refractivity (Wildman–Crippen MR) is 94.8 cm³/mol. The molecule has 0 aliphatic rings. The van der Waals surface area contributed by atoms with Crippen LogP contribution in [0.4, 0.5) is 11.4 Å². The average molecular weight is 368 g/mol. The van der Waals surface area contributed by atoms with Crippen molar-refractivity contribution in [2.45, 2.75) is 0 Å². The highest BCUT2D eigenvalue weighted by atomic mass is 35.5. The van der Waals surface area contributed by atoms with Crippen LogP contribution in [0.3, 0.4) is 0 Å². The second-order valence-electron chi connectivity index (χ2n) is 5.23. The zero-order chi connectivity index (χ0) is 18.7. The molecule has 0 unspecified atom stereocenters. The number of rotatable bonds is 4. The maximum atomic E-state index is 12.4. The van der Waals surface area contributed by atoms with Gasteiger partial charge in [0, 0.05) is 22.7 Å². The van der Waals surface area contributed by atoms with Gasteiger partial charge in [-0.1, -0.05) is 23.7 Å². The monoisotopic (exact) mass is 367 g/mol. The number of non-ortho nitro benzene ring substituents is 1. The number of nitro groups is 1. The molecule has 0 aliphatic heterocycles. The van der Waals surface area contributed by atoms with E-state index in [1.165, 1.54) is 12.1 Å². The summed E-state index contributed by atoms with van der Waals surface area (Å²) in [4.78, 5) is 22.5. The predicted octanol–water partition coefficient (Wildman–Crippen LogP) is 3.76. The quantitative estimate of drug-likeness (QED) is 0.536. The Morgan fingerprint density at radius 1 is 1.23 bits per heavy atom. The molecule has 0 fully saturated rings. The third kappa shape index (κ3) is 3.53. The van der Waals surface area contributed by atoms with Crippen LogP contribution in [0.15, 0.2) is 48.5 Å². The van der Waals surface area contributed by atoms with E-state index in [0.29, 0.717) is 10.7 Å². The third-order valence-electron chi connectivity index (χ3n) is 3.55. The number of carbonyl (C=O) groups excluding carboxylic acids is 1. The molecule has 26 heavy (non-hydrogen) atoms. The van der Waals surface area contributed by atoms with Crippen LogP contribution in [0, 0.1) is 21.4 Å². The Bertz CT molecular complexity index is 1040. The van der Waals surface area contributed by atoms with Crippen LogP contribution in [-0.2, 0) is 0 Å². The molecule has 1 amide bonds. The number of hydrogen-bond donors (Lipinski definition) is 2. The number of hydrogen-bond acceptors (Lipinski definition) is 5. The molecule has 0 atom stereocenters. The number of benzene rings is 2. The summed E-state index contributed by atoms with van der Waals surface area (Å²) in [6, 6.07) is 14.0. The number of nitriles is 1. The molecule has 0 spiro atoms. The first-order valence-electron chi connectivity index (χ1n) is 7.29. The van der Waals surface area contributed by atoms with E-state index in [0.717, 1.165) is 11.6 Å². The lowest BCUT2D eigenvalue weighted by atomic mass is 10.1. The standard InChI is InChI=1S/C17H10ClN5O3/c18-12-3-1-10(2-4-12)15-8-16(22-21-15)17(24)20-14-6-5-13(23(25)26)7-11(14)9-19/h1-8H,(H,20,24)(H,21,22). The molecule has 0 saturated heterocycles. The molecule has 0 radical (unpaired) electrons. The molecule has 128 valence electrons. The minimum Gasteiger partial charge on any atom is -0.319 e. The number of nitro benzene ring substituents is 1. The van der Waals surface area contributed by atoms with Gasteiger partial charge in [0.2, 0.25) is 0 Å². The molecular formula is C17H10ClN5O3. The van der Waals surface area contributed by atoms with Gasteiger partial charge >= 0.3 is 0 Å². The second kappa shape index (κ2) is 7.04. The Kier molecular flexibility index (Phi) is 4.64. The smallest absolute Gasteiger partial charge is 0.273 e. The van der Waals surface area contributed by atoms with Crippen molar-refractivity contribution in [2.75, 3.05) is 5.32 Å². The Morgan fingerprint density at radius 2 is 1.96 bits per heavy atom. The number of amides is 1. The normalized spacial score (nSPS) is 10.2. The Morgan fingerprint density at radius 3 is 2.62 bits per heavy atom. The van der Waals surface area contributed by atoms with Gasteiger partial charge in [0.05, 0.1) is 21.9 Å². The third-order valence-corrected chi connectivity index (χ3v) is 3.80. The van der Waals surface area contributed by atoms with E-state index in [9.17, 15) is 14.9 Å². The minimum absolute atomic E-state index is 0.00927. The van der Waals surface area contributed by atoms with E-state index in [1.807, 2.05) is 6.07 Å². The fourth-order valence-corrected chi connectivity index (χ4v) is 2.37. The Labute approximate surface area is 152 Å². The summed E-state index contributed by atoms with van der Waals surface area (Å²) in [6.07, 6.45) is 0. The van der Waals surface area contributed by atoms with E-state index >= 15 is 0 Å². The van der Waals surface area contributed by atoms with Crippen molar-refractivity contribution < 1.29 is 9.72 Å². The first-order chi connectivity index (χ1) is 12.5. The fraction of sp³-hybridized carbons (Fsp3) is 0. The van der Waals surface area contributed by atoms with Crippen LogP contribution in [0.2, 0.25) is 5.02 Å². The highest BCUT2D eigenvalue weighted by molar-refractivity contribution is 6.30. The van der Waals surface area contributed by atoms with Crippen LogP contribution in [0.5, 0.6) is 0 Å². The maximum absolute atomic E-state index is 12.4. The van der Waals surface area contributed by atoms with Crippen molar-refractivity contribution in [1.82, 2.24) is 10.2 Å². The number of carbonyl (C=O) groups is 1. The van der Waals surface area contributed by atoms with Gasteiger partial charge in [0.15, 0.2) is 0 Å². The molecular weight excluding hydrogens is 358 g/mol. The molecule has 3 aromatic rings. The summed E-state index contributed by atoms with van der Waals surface area (Å²) >= 11 is 5.84. The molecule has 9 heteroatoms. The highest BCUT2D eigenvalue weighted by Crippen LogP contribution is 2.23. The van der Waals surface area contributed by atoms with Crippen molar-refractivity contribution >= 4 is 28.9 Å². The lowest BCUT2D eigenvalue weighted by molar-refractivity contribution is -0.384. The fourth-order valence-electron chi connectivity index (χ4n) is 2.24. The van der Waals surface area contributed by atoms with Gasteiger partial charge in [-0.3, -0.25) is 20.0 Å². The van der Waals surface area contributed by atoms with Gasteiger partial charge in [-0.25, -0.2) is 0 Å². The summed E-state index contributed by atoms with van der Waals surface area (Å²) < 4.78 is 0. The van der Waals surface area contributed by atoms with Gasteiger partial charge in [0.1, 0.15) is 11.8 Å². The molecule has 2 aromatic carbocycles. The summed E-state index contributed by atoms with van der Waals surface area (Å²) in [6.45, 7) is 0. The topological polar surface area (TPSA) is 125 Å². The molecule has 8 nitrogen and oxygen atoms in total. The summed E-state index contributed by atoms with van der Waals surface area (Å²) in [7, 11) is 0. The molecule has 0 aliphatic carbocycles. The lowest BCUT2D eigenvalue weighted by Gasteiger charge is -2.05. The largest absolute Gasteiger partial charge is 0.319 e. The number of anilines is 1.